The minimum atomic E-state index is -0.998. The lowest BCUT2D eigenvalue weighted by Gasteiger charge is -2.41. The molecule has 2 fully saturated rings. The van der Waals surface area contributed by atoms with Crippen LogP contribution >= 0.6 is 0 Å². The number of nitrogens with zero attached hydrogens (tertiary/aromatic N) is 4. The lowest BCUT2D eigenvalue weighted by Crippen LogP contribution is -2.49. The predicted octanol–water partition coefficient (Wildman–Crippen LogP) is 5.97. The molecule has 2 aliphatic carbocycles. The van der Waals surface area contributed by atoms with Crippen molar-refractivity contribution in [1.82, 2.24) is 30.2 Å². The molecule has 0 bridgehead atoms. The van der Waals surface area contributed by atoms with E-state index in [-0.39, 0.29) is 23.4 Å². The van der Waals surface area contributed by atoms with Gasteiger partial charge in [0.2, 0.25) is 11.8 Å². The van der Waals surface area contributed by atoms with Crippen LogP contribution in [0.1, 0.15) is 111 Å². The Morgan fingerprint density at radius 2 is 1.41 bits per heavy atom. The topological polar surface area (TPSA) is 176 Å². The zero-order valence-corrected chi connectivity index (χ0v) is 30.6. The summed E-state index contributed by atoms with van der Waals surface area (Å²) in [5, 5.41) is 27.2. The highest BCUT2D eigenvalue weighted by Gasteiger charge is 2.46. The molecule has 54 heavy (non-hydrogen) atoms. The van der Waals surface area contributed by atoms with Crippen LogP contribution in [0.4, 0.5) is 11.4 Å². The Morgan fingerprint density at radius 3 is 1.93 bits per heavy atom. The molecule has 3 heterocycles. The number of aromatic nitrogens is 4. The van der Waals surface area contributed by atoms with Gasteiger partial charge in [-0.15, -0.1) is 0 Å². The lowest BCUT2D eigenvalue weighted by atomic mass is 9.63. The normalized spacial score (nSPS) is 16.1. The number of anilines is 2. The number of hydrogen-bond donors (Lipinski definition) is 5. The smallest absolute Gasteiger partial charge is 0.277 e. The monoisotopic (exact) mass is 732 g/mol. The highest BCUT2D eigenvalue weighted by molar-refractivity contribution is 6.02. The van der Waals surface area contributed by atoms with Crippen molar-refractivity contribution in [3.05, 3.63) is 108 Å². The van der Waals surface area contributed by atoms with E-state index in [2.05, 4.69) is 36.3 Å². The van der Waals surface area contributed by atoms with Gasteiger partial charge in [-0.05, 0) is 86.1 Å². The van der Waals surface area contributed by atoms with Gasteiger partial charge in [-0.1, -0.05) is 56.9 Å². The van der Waals surface area contributed by atoms with Gasteiger partial charge >= 0.3 is 0 Å². The second kappa shape index (κ2) is 16.2. The number of rotatable bonds is 17. The molecular weight excluding hydrogens is 685 g/mol. The number of hydrogen-bond acceptors (Lipinski definition) is 9. The number of amides is 3. The molecule has 13 nitrogen and oxygen atoms in total. The van der Waals surface area contributed by atoms with Gasteiger partial charge in [0.05, 0.1) is 17.0 Å². The maximum absolute atomic E-state index is 13.4. The van der Waals surface area contributed by atoms with E-state index in [9.17, 15) is 19.5 Å². The largest absolute Gasteiger partial charge is 0.448 e. The van der Waals surface area contributed by atoms with E-state index >= 15 is 0 Å². The molecule has 2 aliphatic rings. The standard InChI is InChI=1S/C41H48N8O5/c1-2-35-48-33(27-54-35)37(51)46-31-17-13-29(14-18-31)41(21-9-22-41)39(53)43-24-6-4-3-5-23-42-38(52)40(19-8-20-40)28-11-15-30(16-12-28)45-36(50)32-26-49-34(47-32)10-7-25-44-49/h7,10-18,25-27,36,45,50H,2-6,8-9,19-24H2,1H3,(H,42,52)(H,43,53)(H,46,51). The number of carbonyl (C=O) groups is 3. The first-order chi connectivity index (χ1) is 26.3. The summed E-state index contributed by atoms with van der Waals surface area (Å²) in [6.45, 7) is 3.14. The molecule has 3 amide bonds. The van der Waals surface area contributed by atoms with Crippen LogP contribution in [0.2, 0.25) is 0 Å². The first kappa shape index (κ1) is 36.8. The van der Waals surface area contributed by atoms with E-state index in [1.807, 2.05) is 61.5 Å². The summed E-state index contributed by atoms with van der Waals surface area (Å²) in [6, 6.07) is 18.9. The molecule has 0 spiro atoms. The van der Waals surface area contributed by atoms with Gasteiger partial charge in [0.15, 0.2) is 23.5 Å². The summed E-state index contributed by atoms with van der Waals surface area (Å²) in [5.74, 6) is 0.310. The van der Waals surface area contributed by atoms with E-state index in [4.69, 9.17) is 4.42 Å². The second-order valence-electron chi connectivity index (χ2n) is 14.4. The van der Waals surface area contributed by atoms with Gasteiger partial charge in [0, 0.05) is 37.1 Å². The van der Waals surface area contributed by atoms with Crippen molar-refractivity contribution in [2.24, 2.45) is 0 Å². The Bertz CT molecular complexity index is 2030. The Labute approximate surface area is 314 Å². The number of unbranched alkanes of at least 4 members (excludes halogenated alkanes) is 3. The van der Waals surface area contributed by atoms with Crippen molar-refractivity contribution in [2.75, 3.05) is 23.7 Å². The number of oxazole rings is 1. The average Bonchev–Trinajstić information content (AvgIpc) is 3.81. The van der Waals surface area contributed by atoms with Crippen molar-refractivity contribution < 1.29 is 23.9 Å². The van der Waals surface area contributed by atoms with Crippen LogP contribution in [-0.2, 0) is 26.8 Å². The third kappa shape index (κ3) is 7.72. The van der Waals surface area contributed by atoms with Crippen LogP contribution in [0.25, 0.3) is 5.65 Å². The highest BCUT2D eigenvalue weighted by Crippen LogP contribution is 2.45. The Kier molecular flexibility index (Phi) is 11.0. The van der Waals surface area contributed by atoms with Crippen molar-refractivity contribution in [3.8, 4) is 0 Å². The van der Waals surface area contributed by atoms with Crippen LogP contribution in [0.15, 0.2) is 83.7 Å². The number of carbonyl (C=O) groups excluding carboxylic acids is 3. The molecule has 0 aliphatic heterocycles. The molecule has 3 aromatic heterocycles. The number of aryl methyl sites for hydroxylation is 1. The molecule has 2 saturated carbocycles. The first-order valence-corrected chi connectivity index (χ1v) is 19.1. The average molecular weight is 733 g/mol. The minimum absolute atomic E-state index is 0.0580. The molecule has 2 aromatic carbocycles. The van der Waals surface area contributed by atoms with E-state index in [0.29, 0.717) is 42.4 Å². The molecule has 0 radical (unpaired) electrons. The van der Waals surface area contributed by atoms with Crippen LogP contribution in [0, 0.1) is 0 Å². The Balaban J connectivity index is 0.807. The SMILES string of the molecule is CCc1nc(C(=O)Nc2ccc(C3(C(=O)NCCCCCCNC(=O)C4(c5ccc(NC(O)c6cn7ncccc7n6)cc5)CCC4)CCC3)cc2)co1. The van der Waals surface area contributed by atoms with Gasteiger partial charge in [-0.3, -0.25) is 14.4 Å². The van der Waals surface area contributed by atoms with Crippen molar-refractivity contribution in [1.29, 1.82) is 0 Å². The third-order valence-electron chi connectivity index (χ3n) is 11.0. The molecule has 5 N–H and O–H groups in total. The highest BCUT2D eigenvalue weighted by atomic mass is 16.3. The van der Waals surface area contributed by atoms with Gasteiger partial charge in [0.25, 0.3) is 5.91 Å². The lowest BCUT2D eigenvalue weighted by molar-refractivity contribution is -0.130. The van der Waals surface area contributed by atoms with Crippen molar-refractivity contribution >= 4 is 34.7 Å². The van der Waals surface area contributed by atoms with Gasteiger partial charge in [0.1, 0.15) is 12.0 Å². The van der Waals surface area contributed by atoms with E-state index in [1.54, 1.807) is 23.0 Å². The second-order valence-corrected chi connectivity index (χ2v) is 14.4. The Hall–Kier alpha value is -5.56. The van der Waals surface area contributed by atoms with Gasteiger partial charge < -0.3 is 30.8 Å². The first-order valence-electron chi connectivity index (χ1n) is 19.1. The number of imidazole rings is 1. The van der Waals surface area contributed by atoms with Crippen molar-refractivity contribution in [3.63, 3.8) is 0 Å². The molecule has 0 saturated heterocycles. The molecule has 1 unspecified atom stereocenters. The fourth-order valence-corrected chi connectivity index (χ4v) is 7.44. The zero-order valence-electron chi connectivity index (χ0n) is 30.6. The molecule has 282 valence electrons. The summed E-state index contributed by atoms with van der Waals surface area (Å²) in [7, 11) is 0. The van der Waals surface area contributed by atoms with Crippen LogP contribution in [0.5, 0.6) is 0 Å². The molecule has 1 atom stereocenters. The fourth-order valence-electron chi connectivity index (χ4n) is 7.44. The molecule has 7 rings (SSSR count). The number of benzene rings is 2. The quantitative estimate of drug-likeness (QED) is 0.0570. The van der Waals surface area contributed by atoms with Gasteiger partial charge in [-0.25, -0.2) is 14.5 Å². The Morgan fingerprint density at radius 1 is 0.815 bits per heavy atom. The van der Waals surface area contributed by atoms with E-state index in [0.717, 1.165) is 81.0 Å². The van der Waals surface area contributed by atoms with Crippen LogP contribution < -0.4 is 21.3 Å². The maximum Gasteiger partial charge on any atom is 0.277 e. The van der Waals surface area contributed by atoms with Crippen LogP contribution in [0.3, 0.4) is 0 Å². The van der Waals surface area contributed by atoms with Crippen molar-refractivity contribution in [2.45, 2.75) is 94.6 Å². The number of aliphatic hydroxyl groups is 1. The predicted molar refractivity (Wildman–Crippen MR) is 204 cm³/mol. The van der Waals surface area contributed by atoms with Gasteiger partial charge in [-0.2, -0.15) is 5.10 Å². The fraction of sp³-hybridized carbons (Fsp3) is 0.415. The minimum Gasteiger partial charge on any atom is -0.448 e. The summed E-state index contributed by atoms with van der Waals surface area (Å²) in [5.41, 5.74) is 3.63. The van der Waals surface area contributed by atoms with E-state index in [1.165, 1.54) is 6.26 Å². The molecule has 5 aromatic rings. The van der Waals surface area contributed by atoms with E-state index < -0.39 is 17.1 Å². The molecule has 13 heteroatoms. The summed E-state index contributed by atoms with van der Waals surface area (Å²) in [4.78, 5) is 47.9. The molecular formula is C41H48N8O5. The summed E-state index contributed by atoms with van der Waals surface area (Å²) in [6.07, 6.45) is 13.2. The number of nitrogens with one attached hydrogen (secondary N) is 4. The maximum atomic E-state index is 13.4. The zero-order chi connectivity index (χ0) is 37.5. The van der Waals surface area contributed by atoms with Crippen LogP contribution in [-0.4, -0.2) is 55.5 Å². The number of aliphatic hydroxyl groups excluding tert-OH is 1. The summed E-state index contributed by atoms with van der Waals surface area (Å²) < 4.78 is 6.89. The number of fused-ring (bicyclic) bond motifs is 1. The third-order valence-corrected chi connectivity index (χ3v) is 11.0. The summed E-state index contributed by atoms with van der Waals surface area (Å²) >= 11 is 0.